The SMILES string of the molecule is O=C(COc1ccccc1)N1CCCN(c2ccc(C(F)(F)F)cn2)CC1. The molecule has 2 heterocycles. The van der Waals surface area contributed by atoms with Crippen molar-refractivity contribution in [3.63, 3.8) is 0 Å². The average molecular weight is 379 g/mol. The number of anilines is 1. The van der Waals surface area contributed by atoms with Crippen LogP contribution < -0.4 is 9.64 Å². The third-order valence-electron chi connectivity index (χ3n) is 4.35. The predicted molar refractivity (Wildman–Crippen MR) is 94.6 cm³/mol. The van der Waals surface area contributed by atoms with E-state index in [0.717, 1.165) is 12.3 Å². The lowest BCUT2D eigenvalue weighted by atomic mass is 10.2. The van der Waals surface area contributed by atoms with Gasteiger partial charge in [-0.25, -0.2) is 4.98 Å². The monoisotopic (exact) mass is 379 g/mol. The molecule has 0 unspecified atom stereocenters. The summed E-state index contributed by atoms with van der Waals surface area (Å²) in [6.45, 7) is 2.15. The normalized spacial score (nSPS) is 15.4. The molecule has 8 heteroatoms. The van der Waals surface area contributed by atoms with Crippen molar-refractivity contribution < 1.29 is 22.7 Å². The van der Waals surface area contributed by atoms with Gasteiger partial charge in [0.15, 0.2) is 6.61 Å². The Kier molecular flexibility index (Phi) is 5.83. The maximum Gasteiger partial charge on any atom is 0.417 e. The highest BCUT2D eigenvalue weighted by atomic mass is 19.4. The van der Waals surface area contributed by atoms with Crippen LogP contribution in [0.2, 0.25) is 0 Å². The molecule has 3 rings (SSSR count). The Bertz CT molecular complexity index is 751. The highest BCUT2D eigenvalue weighted by molar-refractivity contribution is 5.77. The van der Waals surface area contributed by atoms with Gasteiger partial charge in [-0.3, -0.25) is 4.79 Å². The molecule has 1 aromatic carbocycles. The Balaban J connectivity index is 1.54. The number of benzene rings is 1. The summed E-state index contributed by atoms with van der Waals surface area (Å²) in [4.78, 5) is 19.9. The number of pyridine rings is 1. The molecule has 0 atom stereocenters. The molecule has 1 fully saturated rings. The minimum Gasteiger partial charge on any atom is -0.484 e. The molecule has 0 spiro atoms. The van der Waals surface area contributed by atoms with Crippen molar-refractivity contribution in [1.82, 2.24) is 9.88 Å². The number of hydrogen-bond donors (Lipinski definition) is 0. The van der Waals surface area contributed by atoms with E-state index < -0.39 is 11.7 Å². The Morgan fingerprint density at radius 2 is 1.81 bits per heavy atom. The predicted octanol–water partition coefficient (Wildman–Crippen LogP) is 3.22. The van der Waals surface area contributed by atoms with Gasteiger partial charge in [0.2, 0.25) is 0 Å². The van der Waals surface area contributed by atoms with Gasteiger partial charge in [0.25, 0.3) is 5.91 Å². The van der Waals surface area contributed by atoms with Crippen molar-refractivity contribution in [1.29, 1.82) is 0 Å². The van der Waals surface area contributed by atoms with Crippen molar-refractivity contribution in [2.45, 2.75) is 12.6 Å². The van der Waals surface area contributed by atoms with Crippen molar-refractivity contribution >= 4 is 11.7 Å². The minimum absolute atomic E-state index is 0.0391. The second kappa shape index (κ2) is 8.28. The molecule has 27 heavy (non-hydrogen) atoms. The van der Waals surface area contributed by atoms with E-state index in [1.54, 1.807) is 17.0 Å². The molecule has 1 aliphatic rings. The van der Waals surface area contributed by atoms with Crippen LogP contribution in [0.5, 0.6) is 5.75 Å². The molecule has 0 N–H and O–H groups in total. The largest absolute Gasteiger partial charge is 0.484 e. The molecule has 5 nitrogen and oxygen atoms in total. The van der Waals surface area contributed by atoms with Crippen LogP contribution in [0, 0.1) is 0 Å². The first-order valence-corrected chi connectivity index (χ1v) is 8.67. The Hall–Kier alpha value is -2.77. The van der Waals surface area contributed by atoms with Gasteiger partial charge in [-0.05, 0) is 30.7 Å². The highest BCUT2D eigenvalue weighted by Gasteiger charge is 2.31. The van der Waals surface area contributed by atoms with Gasteiger partial charge in [0, 0.05) is 32.4 Å². The fraction of sp³-hybridized carbons (Fsp3) is 0.368. The summed E-state index contributed by atoms with van der Waals surface area (Å²) < 4.78 is 43.5. The molecule has 0 radical (unpaired) electrons. The molecule has 2 aromatic rings. The number of para-hydroxylation sites is 1. The number of hydrogen-bond acceptors (Lipinski definition) is 4. The van der Waals surface area contributed by atoms with Crippen molar-refractivity contribution in [3.8, 4) is 5.75 Å². The molecule has 1 amide bonds. The lowest BCUT2D eigenvalue weighted by molar-refractivity contribution is -0.137. The quantitative estimate of drug-likeness (QED) is 0.818. The van der Waals surface area contributed by atoms with Gasteiger partial charge < -0.3 is 14.5 Å². The van der Waals surface area contributed by atoms with E-state index in [1.807, 2.05) is 23.1 Å². The molecule has 1 saturated heterocycles. The first kappa shape index (κ1) is 19.0. The van der Waals surface area contributed by atoms with Gasteiger partial charge in [0.05, 0.1) is 5.56 Å². The maximum absolute atomic E-state index is 12.7. The summed E-state index contributed by atoms with van der Waals surface area (Å²) >= 11 is 0. The van der Waals surface area contributed by atoms with Crippen molar-refractivity contribution in [3.05, 3.63) is 54.2 Å². The molecule has 144 valence electrons. The zero-order valence-electron chi connectivity index (χ0n) is 14.7. The Labute approximate surface area is 155 Å². The molecule has 1 aliphatic heterocycles. The van der Waals surface area contributed by atoms with E-state index in [9.17, 15) is 18.0 Å². The number of alkyl halides is 3. The summed E-state index contributed by atoms with van der Waals surface area (Å²) in [6.07, 6.45) is -2.84. The molecule has 1 aromatic heterocycles. The summed E-state index contributed by atoms with van der Waals surface area (Å²) in [7, 11) is 0. The fourth-order valence-corrected chi connectivity index (χ4v) is 2.89. The summed E-state index contributed by atoms with van der Waals surface area (Å²) in [5.74, 6) is 1.01. The summed E-state index contributed by atoms with van der Waals surface area (Å²) in [6, 6.07) is 11.5. The number of aromatic nitrogens is 1. The molecule has 0 saturated carbocycles. The van der Waals surface area contributed by atoms with E-state index in [4.69, 9.17) is 4.74 Å². The fourth-order valence-electron chi connectivity index (χ4n) is 2.89. The number of rotatable bonds is 4. The third kappa shape index (κ3) is 5.12. The van der Waals surface area contributed by atoms with E-state index in [0.29, 0.717) is 44.2 Å². The van der Waals surface area contributed by atoms with Gasteiger partial charge in [-0.15, -0.1) is 0 Å². The zero-order chi connectivity index (χ0) is 19.3. The van der Waals surface area contributed by atoms with E-state index in [2.05, 4.69) is 4.98 Å². The zero-order valence-corrected chi connectivity index (χ0v) is 14.7. The second-order valence-corrected chi connectivity index (χ2v) is 6.23. The Morgan fingerprint density at radius 3 is 2.48 bits per heavy atom. The van der Waals surface area contributed by atoms with Crippen LogP contribution in [0.25, 0.3) is 0 Å². The number of carbonyl (C=O) groups is 1. The van der Waals surface area contributed by atoms with Crippen molar-refractivity contribution in [2.75, 3.05) is 37.7 Å². The number of carbonyl (C=O) groups excluding carboxylic acids is 1. The van der Waals surface area contributed by atoms with Crippen LogP contribution in [0.4, 0.5) is 19.0 Å². The third-order valence-corrected chi connectivity index (χ3v) is 4.35. The molecular weight excluding hydrogens is 359 g/mol. The average Bonchev–Trinajstić information content (AvgIpc) is 2.93. The molecule has 0 bridgehead atoms. The van der Waals surface area contributed by atoms with Gasteiger partial charge in [-0.2, -0.15) is 13.2 Å². The summed E-state index contributed by atoms with van der Waals surface area (Å²) in [5.41, 5.74) is -0.768. The number of ether oxygens (including phenoxy) is 1. The summed E-state index contributed by atoms with van der Waals surface area (Å²) in [5, 5.41) is 0. The van der Waals surface area contributed by atoms with Gasteiger partial charge in [0.1, 0.15) is 11.6 Å². The van der Waals surface area contributed by atoms with Crippen LogP contribution in [0.1, 0.15) is 12.0 Å². The number of amides is 1. The lowest BCUT2D eigenvalue weighted by Gasteiger charge is -2.23. The van der Waals surface area contributed by atoms with Gasteiger partial charge >= 0.3 is 6.18 Å². The van der Waals surface area contributed by atoms with Crippen LogP contribution in [-0.2, 0) is 11.0 Å². The van der Waals surface area contributed by atoms with Crippen LogP contribution in [-0.4, -0.2) is 48.6 Å². The standard InChI is InChI=1S/C19H20F3N3O2/c20-19(21,22)15-7-8-17(23-13-15)24-9-4-10-25(12-11-24)18(26)14-27-16-5-2-1-3-6-16/h1-3,5-8,13H,4,9-12,14H2. The lowest BCUT2D eigenvalue weighted by Crippen LogP contribution is -2.38. The van der Waals surface area contributed by atoms with Crippen LogP contribution >= 0.6 is 0 Å². The number of halogens is 3. The first-order chi connectivity index (χ1) is 12.9. The molecular formula is C19H20F3N3O2. The van der Waals surface area contributed by atoms with E-state index in [1.165, 1.54) is 6.07 Å². The highest BCUT2D eigenvalue weighted by Crippen LogP contribution is 2.29. The smallest absolute Gasteiger partial charge is 0.417 e. The minimum atomic E-state index is -4.40. The Morgan fingerprint density at radius 1 is 1.04 bits per heavy atom. The van der Waals surface area contributed by atoms with Crippen molar-refractivity contribution in [2.24, 2.45) is 0 Å². The topological polar surface area (TPSA) is 45.7 Å². The van der Waals surface area contributed by atoms with Gasteiger partial charge in [-0.1, -0.05) is 18.2 Å². The van der Waals surface area contributed by atoms with Crippen LogP contribution in [0.3, 0.4) is 0 Å². The van der Waals surface area contributed by atoms with E-state index in [-0.39, 0.29) is 12.5 Å². The molecule has 0 aliphatic carbocycles. The first-order valence-electron chi connectivity index (χ1n) is 8.67. The van der Waals surface area contributed by atoms with E-state index >= 15 is 0 Å². The number of nitrogens with zero attached hydrogens (tertiary/aromatic N) is 3. The van der Waals surface area contributed by atoms with Crippen LogP contribution in [0.15, 0.2) is 48.7 Å². The maximum atomic E-state index is 12.7. The second-order valence-electron chi connectivity index (χ2n) is 6.23.